The highest BCUT2D eigenvalue weighted by atomic mass is 127. The van der Waals surface area contributed by atoms with E-state index in [1.54, 1.807) is 24.3 Å². The number of primary amides is 1. The van der Waals surface area contributed by atoms with Crippen molar-refractivity contribution in [1.82, 2.24) is 31.5 Å². The molecular weight excluding hydrogens is 1250 g/mol. The zero-order chi connectivity index (χ0) is 51.0. The van der Waals surface area contributed by atoms with Gasteiger partial charge in [-0.3, -0.25) is 43.3 Å². The Labute approximate surface area is 437 Å². The predicted octanol–water partition coefficient (Wildman–Crippen LogP) is 0.368. The smallest absolute Gasteiger partial charge is 0.326 e. The average molecular weight is 1310 g/mol. The first-order valence-electron chi connectivity index (χ1n) is 21.2. The first kappa shape index (κ1) is 58.6. The molecule has 378 valence electrons. The second kappa shape index (κ2) is 30.8. The van der Waals surface area contributed by atoms with E-state index in [1.165, 1.54) is 19.9 Å². The van der Waals surface area contributed by atoms with Gasteiger partial charge in [0.05, 0.1) is 70.0 Å². The number of aliphatic carboxylic acids is 1. The first-order chi connectivity index (χ1) is 32.7. The summed E-state index contributed by atoms with van der Waals surface area (Å²) in [6, 6.07) is 2.68. The summed E-state index contributed by atoms with van der Waals surface area (Å²) in [7, 11) is 0. The monoisotopic (exact) mass is 1310 g/mol. The molecule has 0 bridgehead atoms. The molecule has 0 aliphatic carbocycles. The van der Waals surface area contributed by atoms with Crippen LogP contribution in [0.1, 0.15) is 38.7 Å². The second-order valence-electron chi connectivity index (χ2n) is 14.9. The number of rotatable bonds is 32. The maximum Gasteiger partial charge on any atom is 0.326 e. The fraction of sp³-hybridized carbons (Fsp3) is 0.465. The number of nitrogens with zero attached hydrogens (tertiary/aromatic N) is 1. The average Bonchev–Trinajstić information content (AvgIpc) is 3.61. The van der Waals surface area contributed by atoms with Crippen molar-refractivity contribution in [2.45, 2.75) is 63.7 Å². The first-order valence-corrected chi connectivity index (χ1v) is 24.5. The zero-order valence-electron chi connectivity index (χ0n) is 37.5. The van der Waals surface area contributed by atoms with E-state index >= 15 is 0 Å². The van der Waals surface area contributed by atoms with Crippen LogP contribution in [0.2, 0.25) is 0 Å². The number of phenols is 1. The fourth-order valence-corrected chi connectivity index (χ4v) is 8.44. The van der Waals surface area contributed by atoms with Crippen molar-refractivity contribution in [3.8, 4) is 17.2 Å². The molecule has 1 aliphatic rings. The van der Waals surface area contributed by atoms with Gasteiger partial charge in [0, 0.05) is 44.5 Å². The molecule has 1 aliphatic heterocycles. The standard InChI is InChI=1S/C43H54I3N7O16/c1-24(49-36(57)8-11-65-13-15-67-17-18-68-16-14-66-12-9-48-35(56)7-10-53-37(58)5-6-38(53)59)40(60)50-25(2)41(61)51-31(23-34(47)55)42(62)52-32(43(63)64)21-26-19-29(45)39(30(46)20-26)69-27-3-4-33(54)28(44)22-27/h3-6,19-20,22,24-25,31-32,54H,7-18,21,23H2,1-2H3,(H2,47,55)(H,48,56)(H,49,57)(H,50,60)(H,51,61)(H,52,62)(H,63,64)/t24-,25-,31-,32-/m0/s1. The van der Waals surface area contributed by atoms with Crippen LogP contribution in [-0.4, -0.2) is 158 Å². The highest BCUT2D eigenvalue weighted by Crippen LogP contribution is 2.35. The van der Waals surface area contributed by atoms with Gasteiger partial charge in [-0.25, -0.2) is 4.79 Å². The van der Waals surface area contributed by atoms with E-state index in [-0.39, 0.29) is 83.6 Å². The molecule has 0 saturated heterocycles. The van der Waals surface area contributed by atoms with Gasteiger partial charge in [-0.1, -0.05) is 0 Å². The summed E-state index contributed by atoms with van der Waals surface area (Å²) in [6.07, 6.45) is 1.37. The Balaban J connectivity index is 1.29. The summed E-state index contributed by atoms with van der Waals surface area (Å²) < 4.78 is 29.5. The summed E-state index contributed by atoms with van der Waals surface area (Å²) >= 11 is 6.03. The van der Waals surface area contributed by atoms with Crippen molar-refractivity contribution in [2.24, 2.45) is 5.73 Å². The van der Waals surface area contributed by atoms with E-state index in [1.807, 2.05) is 67.8 Å². The molecule has 1 heterocycles. The lowest BCUT2D eigenvalue weighted by Crippen LogP contribution is -2.57. The number of nitrogens with one attached hydrogen (secondary N) is 5. The largest absolute Gasteiger partial charge is 0.507 e. The number of carboxylic acids is 1. The zero-order valence-corrected chi connectivity index (χ0v) is 44.0. The van der Waals surface area contributed by atoms with Gasteiger partial charge in [0.25, 0.3) is 11.8 Å². The summed E-state index contributed by atoms with van der Waals surface area (Å²) in [4.78, 5) is 112. The lowest BCUT2D eigenvalue weighted by molar-refractivity contribution is -0.142. The number of imide groups is 1. The number of hydrogen-bond donors (Lipinski definition) is 8. The molecule has 26 heteroatoms. The van der Waals surface area contributed by atoms with Crippen molar-refractivity contribution in [1.29, 1.82) is 0 Å². The molecule has 0 unspecified atom stereocenters. The minimum absolute atomic E-state index is 0.00494. The molecule has 23 nitrogen and oxygen atoms in total. The molecule has 9 N–H and O–H groups in total. The number of halogens is 3. The number of hydrogen-bond acceptors (Lipinski definition) is 15. The van der Waals surface area contributed by atoms with Crippen LogP contribution in [-0.2, 0) is 68.5 Å². The molecule has 0 spiro atoms. The van der Waals surface area contributed by atoms with E-state index in [0.717, 1.165) is 17.1 Å². The summed E-state index contributed by atoms with van der Waals surface area (Å²) in [5.74, 6) is -5.63. The SMILES string of the molecule is C[C@H](NC(=O)CCOCCOCCOCCOCCNC(=O)CCN1C(=O)C=CC1=O)C(=O)N[C@@H](C)C(=O)N[C@@H](CC(N)=O)C(=O)N[C@@H](Cc1cc(I)c(Oc2ccc(O)c(I)c2)c(I)c1)C(=O)O. The number of ether oxygens (including phenoxy) is 5. The van der Waals surface area contributed by atoms with Gasteiger partial charge in [-0.2, -0.15) is 0 Å². The highest BCUT2D eigenvalue weighted by molar-refractivity contribution is 14.1. The van der Waals surface area contributed by atoms with E-state index in [0.29, 0.717) is 41.0 Å². The lowest BCUT2D eigenvalue weighted by atomic mass is 10.0. The van der Waals surface area contributed by atoms with Crippen LogP contribution in [0.4, 0.5) is 0 Å². The Bertz CT molecular complexity index is 2160. The van der Waals surface area contributed by atoms with Crippen LogP contribution in [0.5, 0.6) is 17.2 Å². The normalized spacial score (nSPS) is 13.8. The number of carbonyl (C=O) groups is 9. The van der Waals surface area contributed by atoms with Crippen LogP contribution >= 0.6 is 67.8 Å². The molecule has 8 amide bonds. The highest BCUT2D eigenvalue weighted by Gasteiger charge is 2.31. The van der Waals surface area contributed by atoms with Crippen LogP contribution in [0.15, 0.2) is 42.5 Å². The topological polar surface area (TPSA) is 330 Å². The number of carbonyl (C=O) groups excluding carboxylic acids is 8. The van der Waals surface area contributed by atoms with E-state index in [9.17, 15) is 53.4 Å². The van der Waals surface area contributed by atoms with Gasteiger partial charge in [0.2, 0.25) is 35.4 Å². The number of amides is 8. The lowest BCUT2D eigenvalue weighted by Gasteiger charge is -2.23. The van der Waals surface area contributed by atoms with Gasteiger partial charge in [0.1, 0.15) is 35.7 Å². The van der Waals surface area contributed by atoms with E-state index in [2.05, 4.69) is 26.6 Å². The molecule has 2 aromatic rings. The Hall–Kier alpha value is -4.76. The Morgan fingerprint density at radius 2 is 1.20 bits per heavy atom. The van der Waals surface area contributed by atoms with Crippen LogP contribution in [0.25, 0.3) is 0 Å². The quantitative estimate of drug-likeness (QED) is 0.0279. The number of phenolic OH excluding ortho intramolecular Hbond substituents is 1. The maximum absolute atomic E-state index is 13.3. The molecule has 3 rings (SSSR count). The second-order valence-corrected chi connectivity index (χ2v) is 18.4. The minimum Gasteiger partial charge on any atom is -0.507 e. The van der Waals surface area contributed by atoms with Crippen molar-refractivity contribution in [3.05, 3.63) is 58.8 Å². The molecule has 2 aromatic carbocycles. The molecule has 0 aromatic heterocycles. The molecule has 0 radical (unpaired) electrons. The Morgan fingerprint density at radius 3 is 1.77 bits per heavy atom. The van der Waals surface area contributed by atoms with Crippen molar-refractivity contribution >= 4 is 121 Å². The molecule has 0 saturated carbocycles. The minimum atomic E-state index is -1.59. The van der Waals surface area contributed by atoms with E-state index < -0.39 is 77.9 Å². The molecule has 69 heavy (non-hydrogen) atoms. The third kappa shape index (κ3) is 21.8. The van der Waals surface area contributed by atoms with E-state index in [4.69, 9.17) is 29.4 Å². The van der Waals surface area contributed by atoms with Gasteiger partial charge in [-0.15, -0.1) is 0 Å². The summed E-state index contributed by atoms with van der Waals surface area (Å²) in [6.45, 7) is 4.81. The number of aromatic hydroxyl groups is 1. The summed E-state index contributed by atoms with van der Waals surface area (Å²) in [5.41, 5.74) is 5.87. The van der Waals surface area contributed by atoms with Crippen molar-refractivity contribution in [2.75, 3.05) is 65.9 Å². The number of carboxylic acid groups (broad SMARTS) is 1. The predicted molar refractivity (Wildman–Crippen MR) is 268 cm³/mol. The van der Waals surface area contributed by atoms with Crippen molar-refractivity contribution in [3.63, 3.8) is 0 Å². The van der Waals surface area contributed by atoms with Gasteiger partial charge in [0.15, 0.2) is 5.75 Å². The van der Waals surface area contributed by atoms with Crippen LogP contribution < -0.4 is 37.1 Å². The van der Waals surface area contributed by atoms with Gasteiger partial charge >= 0.3 is 5.97 Å². The fourth-order valence-electron chi connectivity index (χ4n) is 5.84. The third-order valence-electron chi connectivity index (χ3n) is 9.43. The molecule has 0 fully saturated rings. The maximum atomic E-state index is 13.3. The number of nitrogens with two attached hydrogens (primary N) is 1. The van der Waals surface area contributed by atoms with Gasteiger partial charge < -0.3 is 66.2 Å². The summed E-state index contributed by atoms with van der Waals surface area (Å²) in [5, 5.41) is 32.1. The molecular formula is C43H54I3N7O16. The van der Waals surface area contributed by atoms with Gasteiger partial charge in [-0.05, 0) is 118 Å². The van der Waals surface area contributed by atoms with Crippen molar-refractivity contribution < 1.29 is 77.0 Å². The molecule has 4 atom stereocenters. The van der Waals surface area contributed by atoms with Crippen LogP contribution in [0.3, 0.4) is 0 Å². The Kier molecular flexibility index (Phi) is 26.1. The Morgan fingerprint density at radius 1 is 0.667 bits per heavy atom. The van der Waals surface area contributed by atoms with Crippen LogP contribution in [0, 0.1) is 10.7 Å². The third-order valence-corrected chi connectivity index (χ3v) is 11.9. The number of benzene rings is 2.